The molecule has 3 rings (SSSR count). The van der Waals surface area contributed by atoms with Gasteiger partial charge < -0.3 is 19.1 Å². The molecule has 0 spiro atoms. The van der Waals surface area contributed by atoms with Crippen molar-refractivity contribution >= 4 is 28.5 Å². The molecule has 0 fully saturated rings. The maximum Gasteiger partial charge on any atom is 0.410 e. The molecule has 1 aliphatic heterocycles. The van der Waals surface area contributed by atoms with Gasteiger partial charge in [0.15, 0.2) is 5.13 Å². The fourth-order valence-electron chi connectivity index (χ4n) is 2.97. The van der Waals surface area contributed by atoms with Crippen molar-refractivity contribution in [2.24, 2.45) is 0 Å². The molecule has 0 aliphatic carbocycles. The Labute approximate surface area is 186 Å². The van der Waals surface area contributed by atoms with Crippen LogP contribution >= 0.6 is 11.3 Å². The number of hydrogen-bond donors (Lipinski definition) is 1. The third-order valence-corrected chi connectivity index (χ3v) is 5.42. The normalized spacial score (nSPS) is 13.5. The Kier molecular flexibility index (Phi) is 7.50. The Morgan fingerprint density at radius 3 is 2.61 bits per heavy atom. The molecule has 0 atom stereocenters. The molecule has 1 aromatic heterocycles. The van der Waals surface area contributed by atoms with Crippen LogP contribution < -0.4 is 10.1 Å². The van der Waals surface area contributed by atoms with E-state index in [1.807, 2.05) is 27.7 Å². The van der Waals surface area contributed by atoms with E-state index in [9.17, 15) is 9.59 Å². The number of nitrogens with one attached hydrogen (secondary N) is 1. The lowest BCUT2D eigenvalue weighted by Gasteiger charge is -2.29. The molecule has 9 heteroatoms. The monoisotopic (exact) mass is 447 g/mol. The number of anilines is 1. The van der Waals surface area contributed by atoms with Crippen LogP contribution in [-0.2, 0) is 22.4 Å². The third kappa shape index (κ3) is 6.67. The number of benzene rings is 1. The summed E-state index contributed by atoms with van der Waals surface area (Å²) in [6, 6.07) is 6.94. The van der Waals surface area contributed by atoms with Gasteiger partial charge in [0, 0.05) is 30.0 Å². The summed E-state index contributed by atoms with van der Waals surface area (Å²) >= 11 is 1.39. The highest BCUT2D eigenvalue weighted by Gasteiger charge is 2.28. The minimum absolute atomic E-state index is 0.240. The van der Waals surface area contributed by atoms with Crippen LogP contribution in [0.5, 0.6) is 5.75 Å². The van der Waals surface area contributed by atoms with E-state index in [4.69, 9.17) is 14.2 Å². The van der Waals surface area contributed by atoms with Crippen LogP contribution in [-0.4, -0.2) is 53.9 Å². The van der Waals surface area contributed by atoms with Crippen molar-refractivity contribution < 1.29 is 23.8 Å². The smallest absolute Gasteiger partial charge is 0.410 e. The lowest BCUT2D eigenvalue weighted by Crippen LogP contribution is -2.39. The van der Waals surface area contributed by atoms with E-state index in [1.54, 1.807) is 29.2 Å². The van der Waals surface area contributed by atoms with Gasteiger partial charge >= 0.3 is 6.09 Å². The van der Waals surface area contributed by atoms with Crippen LogP contribution in [0, 0.1) is 0 Å². The number of nitrogens with zero attached hydrogens (tertiary/aromatic N) is 2. The lowest BCUT2D eigenvalue weighted by molar-refractivity contribution is 0.0225. The van der Waals surface area contributed by atoms with Gasteiger partial charge in [-0.2, -0.15) is 0 Å². The number of amides is 2. The predicted octanol–water partition coefficient (Wildman–Crippen LogP) is 4.10. The Hall–Kier alpha value is -2.65. The van der Waals surface area contributed by atoms with Gasteiger partial charge in [0.25, 0.3) is 5.91 Å². The molecule has 1 N–H and O–H groups in total. The zero-order valence-corrected chi connectivity index (χ0v) is 19.2. The number of ether oxygens (including phenoxy) is 3. The van der Waals surface area contributed by atoms with Gasteiger partial charge in [-0.25, -0.2) is 9.78 Å². The highest BCUT2D eigenvalue weighted by molar-refractivity contribution is 7.15. The second-order valence-electron chi connectivity index (χ2n) is 8.06. The third-order valence-electron chi connectivity index (χ3n) is 4.42. The molecule has 2 amide bonds. The SMILES string of the molecule is CCOCCOc1ccc(C(=O)Nc2nc3c(s2)CN(C(=O)OC(C)(C)C)CC3)cc1. The second-order valence-corrected chi connectivity index (χ2v) is 9.15. The number of carbonyl (C=O) groups is 2. The average molecular weight is 448 g/mol. The quantitative estimate of drug-likeness (QED) is 0.643. The van der Waals surface area contributed by atoms with Gasteiger partial charge in [0.2, 0.25) is 0 Å². The first-order valence-corrected chi connectivity index (χ1v) is 11.2. The Balaban J connectivity index is 1.56. The van der Waals surface area contributed by atoms with Crippen molar-refractivity contribution in [3.05, 3.63) is 40.4 Å². The minimum Gasteiger partial charge on any atom is -0.491 e. The molecule has 0 bridgehead atoms. The van der Waals surface area contributed by atoms with Crippen LogP contribution in [0.1, 0.15) is 48.6 Å². The molecule has 0 saturated carbocycles. The number of aromatic nitrogens is 1. The summed E-state index contributed by atoms with van der Waals surface area (Å²) in [7, 11) is 0. The number of hydrogen-bond acceptors (Lipinski definition) is 7. The Morgan fingerprint density at radius 1 is 1.19 bits per heavy atom. The van der Waals surface area contributed by atoms with Crippen molar-refractivity contribution in [1.29, 1.82) is 0 Å². The lowest BCUT2D eigenvalue weighted by atomic mass is 10.2. The largest absolute Gasteiger partial charge is 0.491 e. The van der Waals surface area contributed by atoms with Gasteiger partial charge in [0.1, 0.15) is 18.0 Å². The first kappa shape index (κ1) is 23.0. The zero-order valence-electron chi connectivity index (χ0n) is 18.4. The summed E-state index contributed by atoms with van der Waals surface area (Å²) in [4.78, 5) is 32.1. The number of thiazole rings is 1. The maximum atomic E-state index is 12.6. The fraction of sp³-hybridized carbons (Fsp3) is 0.500. The molecule has 168 valence electrons. The topological polar surface area (TPSA) is 90.0 Å². The van der Waals surface area contributed by atoms with Gasteiger partial charge in [-0.1, -0.05) is 11.3 Å². The van der Waals surface area contributed by atoms with Crippen molar-refractivity contribution in [1.82, 2.24) is 9.88 Å². The molecule has 0 saturated heterocycles. The van der Waals surface area contributed by atoms with Gasteiger partial charge in [-0.15, -0.1) is 0 Å². The van der Waals surface area contributed by atoms with E-state index in [-0.39, 0.29) is 12.0 Å². The van der Waals surface area contributed by atoms with Crippen molar-refractivity contribution in [2.45, 2.75) is 46.3 Å². The Morgan fingerprint density at radius 2 is 1.94 bits per heavy atom. The number of rotatable bonds is 7. The first-order valence-electron chi connectivity index (χ1n) is 10.3. The second kappa shape index (κ2) is 10.1. The molecule has 8 nitrogen and oxygen atoms in total. The highest BCUT2D eigenvalue weighted by atomic mass is 32.1. The van der Waals surface area contributed by atoms with E-state index in [0.717, 1.165) is 10.6 Å². The van der Waals surface area contributed by atoms with Gasteiger partial charge in [0.05, 0.1) is 18.8 Å². The summed E-state index contributed by atoms with van der Waals surface area (Å²) in [6.45, 7) is 10.1. The summed E-state index contributed by atoms with van der Waals surface area (Å²) in [5, 5.41) is 3.38. The predicted molar refractivity (Wildman–Crippen MR) is 119 cm³/mol. The van der Waals surface area contributed by atoms with Crippen LogP contribution in [0.15, 0.2) is 24.3 Å². The molecule has 2 aromatic rings. The van der Waals surface area contributed by atoms with Crippen molar-refractivity contribution in [3.63, 3.8) is 0 Å². The zero-order chi connectivity index (χ0) is 22.4. The molecular formula is C22H29N3O5S. The van der Waals surface area contributed by atoms with Crippen LogP contribution in [0.25, 0.3) is 0 Å². The van der Waals surface area contributed by atoms with E-state index in [2.05, 4.69) is 10.3 Å². The van der Waals surface area contributed by atoms with Crippen LogP contribution in [0.2, 0.25) is 0 Å². The van der Waals surface area contributed by atoms with E-state index in [1.165, 1.54) is 11.3 Å². The molecule has 0 radical (unpaired) electrons. The standard InChI is InChI=1S/C22H29N3O5S/c1-5-28-12-13-29-16-8-6-15(7-9-16)19(26)24-20-23-17-10-11-25(14-18(17)31-20)21(27)30-22(2,3)4/h6-9H,5,10-14H2,1-4H3,(H,23,24,26). The average Bonchev–Trinajstić information content (AvgIpc) is 3.11. The highest BCUT2D eigenvalue weighted by Crippen LogP contribution is 2.29. The van der Waals surface area contributed by atoms with Gasteiger partial charge in [-0.05, 0) is 52.0 Å². The Bertz CT molecular complexity index is 905. The van der Waals surface area contributed by atoms with Crippen molar-refractivity contribution in [2.75, 3.05) is 31.7 Å². The molecule has 1 aliphatic rings. The van der Waals surface area contributed by atoms with Crippen LogP contribution in [0.4, 0.5) is 9.93 Å². The number of carbonyl (C=O) groups excluding carboxylic acids is 2. The van der Waals surface area contributed by atoms with Crippen molar-refractivity contribution in [3.8, 4) is 5.75 Å². The number of fused-ring (bicyclic) bond motifs is 1. The molecular weight excluding hydrogens is 418 g/mol. The van der Waals surface area contributed by atoms with E-state index >= 15 is 0 Å². The molecule has 2 heterocycles. The fourth-order valence-corrected chi connectivity index (χ4v) is 3.98. The summed E-state index contributed by atoms with van der Waals surface area (Å²) in [6.07, 6.45) is 0.301. The molecule has 0 unspecified atom stereocenters. The van der Waals surface area contributed by atoms with E-state index in [0.29, 0.717) is 55.8 Å². The van der Waals surface area contributed by atoms with E-state index < -0.39 is 5.60 Å². The first-order chi connectivity index (χ1) is 14.7. The molecule has 31 heavy (non-hydrogen) atoms. The maximum absolute atomic E-state index is 12.6. The van der Waals surface area contributed by atoms with Crippen LogP contribution in [0.3, 0.4) is 0 Å². The minimum atomic E-state index is -0.534. The summed E-state index contributed by atoms with van der Waals surface area (Å²) < 4.78 is 16.3. The van der Waals surface area contributed by atoms with Gasteiger partial charge in [-0.3, -0.25) is 10.1 Å². The summed E-state index contributed by atoms with van der Waals surface area (Å²) in [5.41, 5.74) is 0.896. The summed E-state index contributed by atoms with van der Waals surface area (Å²) in [5.74, 6) is 0.444. The molecule has 1 aromatic carbocycles.